The van der Waals surface area contributed by atoms with Gasteiger partial charge in [-0.1, -0.05) is 6.07 Å². The van der Waals surface area contributed by atoms with Crippen LogP contribution in [0.4, 0.5) is 11.4 Å². The third-order valence-corrected chi connectivity index (χ3v) is 4.07. The lowest BCUT2D eigenvalue weighted by atomic mass is 10.3. The Bertz CT molecular complexity index is 464. The largest absolute Gasteiger partial charge is 0.396 e. The van der Waals surface area contributed by atoms with E-state index >= 15 is 0 Å². The Balaban J connectivity index is 2.07. The summed E-state index contributed by atoms with van der Waals surface area (Å²) in [6.07, 6.45) is 4.48. The highest BCUT2D eigenvalue weighted by Gasteiger charge is 2.10. The van der Waals surface area contributed by atoms with E-state index in [-0.39, 0.29) is 0 Å². The second-order valence-corrected chi connectivity index (χ2v) is 5.70. The fourth-order valence-corrected chi connectivity index (χ4v) is 3.04. The lowest BCUT2D eigenvalue weighted by molar-refractivity contribution is 0.885. The number of anilines is 2. The Hall–Kier alpha value is -1.07. The predicted octanol–water partition coefficient (Wildman–Crippen LogP) is 3.17. The molecular weight excluding hydrogens is 298 g/mol. The van der Waals surface area contributed by atoms with Crippen LogP contribution in [0, 0.1) is 0 Å². The van der Waals surface area contributed by atoms with Crippen LogP contribution in [0.15, 0.2) is 34.4 Å². The monoisotopic (exact) mass is 311 g/mol. The molecule has 0 bridgehead atoms. The molecule has 0 aromatic carbocycles. The van der Waals surface area contributed by atoms with Gasteiger partial charge in [-0.3, -0.25) is 4.98 Å². The van der Waals surface area contributed by atoms with Gasteiger partial charge in [-0.15, -0.1) is 11.3 Å². The summed E-state index contributed by atoms with van der Waals surface area (Å²) in [7, 11) is 2.05. The first kappa shape index (κ1) is 12.4. The molecule has 2 rings (SSSR count). The van der Waals surface area contributed by atoms with Crippen molar-refractivity contribution in [3.63, 3.8) is 0 Å². The van der Waals surface area contributed by atoms with Gasteiger partial charge in [0.2, 0.25) is 0 Å². The Labute approximate surface area is 113 Å². The number of nitrogens with two attached hydrogens (primary N) is 1. The molecule has 2 N–H and O–H groups in total. The van der Waals surface area contributed by atoms with E-state index in [0.717, 1.165) is 23.1 Å². The SMILES string of the molecule is CN(CCc1cccs1)c1c(N)cncc1Br. The molecule has 0 aliphatic rings. The number of pyridine rings is 1. The zero-order valence-electron chi connectivity index (χ0n) is 9.56. The van der Waals surface area contributed by atoms with Crippen LogP contribution >= 0.6 is 27.3 Å². The van der Waals surface area contributed by atoms with Gasteiger partial charge < -0.3 is 10.6 Å². The summed E-state index contributed by atoms with van der Waals surface area (Å²) in [5.41, 5.74) is 7.65. The molecule has 0 saturated heterocycles. The smallest absolute Gasteiger partial charge is 0.0773 e. The van der Waals surface area contributed by atoms with E-state index in [1.807, 2.05) is 7.05 Å². The average molecular weight is 312 g/mol. The molecule has 0 saturated carbocycles. The van der Waals surface area contributed by atoms with Crippen molar-refractivity contribution in [2.75, 3.05) is 24.2 Å². The van der Waals surface area contributed by atoms with Crippen LogP contribution in [-0.4, -0.2) is 18.6 Å². The summed E-state index contributed by atoms with van der Waals surface area (Å²) < 4.78 is 0.936. The lowest BCUT2D eigenvalue weighted by Crippen LogP contribution is -2.21. The number of thiophene rings is 1. The molecule has 5 heteroatoms. The van der Waals surface area contributed by atoms with Crippen molar-refractivity contribution in [3.8, 4) is 0 Å². The molecule has 0 radical (unpaired) electrons. The van der Waals surface area contributed by atoms with Crippen LogP contribution < -0.4 is 10.6 Å². The minimum absolute atomic E-state index is 0.702. The second kappa shape index (κ2) is 5.51. The van der Waals surface area contributed by atoms with E-state index in [2.05, 4.69) is 43.3 Å². The average Bonchev–Trinajstić information content (AvgIpc) is 2.79. The number of halogens is 1. The van der Waals surface area contributed by atoms with Gasteiger partial charge in [-0.25, -0.2) is 0 Å². The minimum atomic E-state index is 0.702. The number of rotatable bonds is 4. The third-order valence-electron chi connectivity index (χ3n) is 2.56. The van der Waals surface area contributed by atoms with Gasteiger partial charge in [0, 0.05) is 24.7 Å². The quantitative estimate of drug-likeness (QED) is 0.943. The molecular formula is C12H14BrN3S. The van der Waals surface area contributed by atoms with E-state index in [4.69, 9.17) is 5.73 Å². The molecule has 2 aromatic heterocycles. The fraction of sp³-hybridized carbons (Fsp3) is 0.250. The van der Waals surface area contributed by atoms with Crippen molar-refractivity contribution in [2.45, 2.75) is 6.42 Å². The second-order valence-electron chi connectivity index (χ2n) is 3.81. The van der Waals surface area contributed by atoms with E-state index in [1.165, 1.54) is 4.88 Å². The van der Waals surface area contributed by atoms with Crippen molar-refractivity contribution in [3.05, 3.63) is 39.3 Å². The van der Waals surface area contributed by atoms with Crippen molar-refractivity contribution >= 4 is 38.6 Å². The molecule has 17 heavy (non-hydrogen) atoms. The normalized spacial score (nSPS) is 10.5. The first-order valence-electron chi connectivity index (χ1n) is 5.31. The highest BCUT2D eigenvalue weighted by molar-refractivity contribution is 9.10. The highest BCUT2D eigenvalue weighted by Crippen LogP contribution is 2.30. The summed E-state index contributed by atoms with van der Waals surface area (Å²) >= 11 is 5.27. The number of likely N-dealkylation sites (N-methyl/N-ethyl adjacent to an activating group) is 1. The van der Waals surface area contributed by atoms with Crippen LogP contribution in [0.5, 0.6) is 0 Å². The van der Waals surface area contributed by atoms with E-state index in [1.54, 1.807) is 23.7 Å². The van der Waals surface area contributed by atoms with Crippen LogP contribution in [-0.2, 0) is 6.42 Å². The summed E-state index contributed by atoms with van der Waals surface area (Å²) in [5, 5.41) is 2.10. The van der Waals surface area contributed by atoms with Gasteiger partial charge in [-0.05, 0) is 33.8 Å². The number of nitrogens with zero attached hydrogens (tertiary/aromatic N) is 2. The van der Waals surface area contributed by atoms with Crippen molar-refractivity contribution in [1.82, 2.24) is 4.98 Å². The maximum atomic E-state index is 5.94. The summed E-state index contributed by atoms with van der Waals surface area (Å²) in [6, 6.07) is 4.24. The Morgan fingerprint density at radius 2 is 2.29 bits per heavy atom. The van der Waals surface area contributed by atoms with E-state index in [9.17, 15) is 0 Å². The summed E-state index contributed by atoms with van der Waals surface area (Å²) in [6.45, 7) is 0.938. The van der Waals surface area contributed by atoms with Gasteiger partial charge in [0.1, 0.15) is 0 Å². The molecule has 0 aliphatic heterocycles. The first-order valence-corrected chi connectivity index (χ1v) is 6.98. The van der Waals surface area contributed by atoms with E-state index in [0.29, 0.717) is 5.69 Å². The zero-order valence-corrected chi connectivity index (χ0v) is 12.0. The number of hydrogen-bond donors (Lipinski definition) is 1. The van der Waals surface area contributed by atoms with Gasteiger partial charge in [0.25, 0.3) is 0 Å². The van der Waals surface area contributed by atoms with Crippen LogP contribution in [0.1, 0.15) is 4.88 Å². The molecule has 0 amide bonds. The maximum Gasteiger partial charge on any atom is 0.0773 e. The fourth-order valence-electron chi connectivity index (χ4n) is 1.69. The lowest BCUT2D eigenvalue weighted by Gasteiger charge is -2.21. The topological polar surface area (TPSA) is 42.1 Å². The van der Waals surface area contributed by atoms with Gasteiger partial charge in [0.15, 0.2) is 0 Å². The molecule has 2 heterocycles. The molecule has 0 unspecified atom stereocenters. The third kappa shape index (κ3) is 2.98. The van der Waals surface area contributed by atoms with Gasteiger partial charge in [0.05, 0.1) is 22.0 Å². The van der Waals surface area contributed by atoms with Crippen LogP contribution in [0.25, 0.3) is 0 Å². The molecule has 0 fully saturated rings. The molecule has 0 spiro atoms. The van der Waals surface area contributed by atoms with Crippen molar-refractivity contribution in [2.24, 2.45) is 0 Å². The molecule has 0 aliphatic carbocycles. The van der Waals surface area contributed by atoms with Crippen molar-refractivity contribution in [1.29, 1.82) is 0 Å². The number of hydrogen-bond acceptors (Lipinski definition) is 4. The van der Waals surface area contributed by atoms with Gasteiger partial charge in [-0.2, -0.15) is 0 Å². The van der Waals surface area contributed by atoms with Crippen LogP contribution in [0.2, 0.25) is 0 Å². The van der Waals surface area contributed by atoms with Crippen LogP contribution in [0.3, 0.4) is 0 Å². The summed E-state index contributed by atoms with van der Waals surface area (Å²) in [4.78, 5) is 7.58. The number of nitrogen functional groups attached to an aromatic ring is 1. The molecule has 2 aromatic rings. The summed E-state index contributed by atoms with van der Waals surface area (Å²) in [5.74, 6) is 0. The predicted molar refractivity (Wildman–Crippen MR) is 77.6 cm³/mol. The van der Waals surface area contributed by atoms with Crippen molar-refractivity contribution < 1.29 is 0 Å². The minimum Gasteiger partial charge on any atom is -0.396 e. The Morgan fingerprint density at radius 1 is 1.47 bits per heavy atom. The Kier molecular flexibility index (Phi) is 4.02. The molecule has 90 valence electrons. The molecule has 3 nitrogen and oxygen atoms in total. The van der Waals surface area contributed by atoms with E-state index < -0.39 is 0 Å². The first-order chi connectivity index (χ1) is 8.18. The number of aromatic nitrogens is 1. The standard InChI is InChI=1S/C12H14BrN3S/c1-16(5-4-9-3-2-6-17-9)12-10(13)7-15-8-11(12)14/h2-3,6-8H,4-5,14H2,1H3. The maximum absolute atomic E-state index is 5.94. The Morgan fingerprint density at radius 3 is 2.94 bits per heavy atom. The van der Waals surface area contributed by atoms with Gasteiger partial charge >= 0.3 is 0 Å². The molecule has 0 atom stereocenters. The zero-order chi connectivity index (χ0) is 12.3. The highest BCUT2D eigenvalue weighted by atomic mass is 79.9.